The van der Waals surface area contributed by atoms with Gasteiger partial charge in [-0.1, -0.05) is 26.1 Å². The Kier molecular flexibility index (Phi) is 9.87. The minimum atomic E-state index is -1.30. The Morgan fingerprint density at radius 2 is 1.39 bits per heavy atom. The number of thiocarbonyl (C=S) groups is 1. The van der Waals surface area contributed by atoms with Crippen LogP contribution in [-0.2, 0) is 23.8 Å². The van der Waals surface area contributed by atoms with E-state index in [1.807, 2.05) is 13.8 Å². The summed E-state index contributed by atoms with van der Waals surface area (Å²) < 4.78 is 15.3. The molecule has 0 saturated heterocycles. The summed E-state index contributed by atoms with van der Waals surface area (Å²) in [6.45, 7) is 14.2. The van der Waals surface area contributed by atoms with Crippen LogP contribution in [0.4, 0.5) is 4.79 Å². The molecule has 2 N–H and O–H groups in total. The molecule has 0 heterocycles. The minimum absolute atomic E-state index is 0.0609. The Hall–Kier alpha value is -1.90. The van der Waals surface area contributed by atoms with Crippen LogP contribution < -0.4 is 10.6 Å². The summed E-state index contributed by atoms with van der Waals surface area (Å²) in [5.41, 5.74) is -1.43. The molecule has 0 rings (SSSR count). The third-order valence-corrected chi connectivity index (χ3v) is 3.43. The van der Waals surface area contributed by atoms with Gasteiger partial charge in [-0.05, 0) is 53.9 Å². The molecule has 9 heteroatoms. The molecule has 8 nitrogen and oxygen atoms in total. The molecule has 0 fully saturated rings. The van der Waals surface area contributed by atoms with E-state index in [4.69, 9.17) is 26.4 Å². The highest BCUT2D eigenvalue weighted by atomic mass is 32.1. The van der Waals surface area contributed by atoms with Crippen molar-refractivity contribution >= 4 is 35.2 Å². The van der Waals surface area contributed by atoms with Gasteiger partial charge in [0.2, 0.25) is 0 Å². The lowest BCUT2D eigenvalue weighted by Gasteiger charge is -2.28. The maximum absolute atomic E-state index is 12.5. The molecule has 162 valence electrons. The van der Waals surface area contributed by atoms with Crippen molar-refractivity contribution in [3.8, 4) is 0 Å². The molecule has 0 unspecified atom stereocenters. The van der Waals surface area contributed by atoms with Crippen molar-refractivity contribution < 1.29 is 28.6 Å². The molecule has 0 aliphatic heterocycles. The van der Waals surface area contributed by atoms with Gasteiger partial charge in [0.05, 0.1) is 7.11 Å². The average molecular weight is 419 g/mol. The summed E-state index contributed by atoms with van der Waals surface area (Å²) in [6, 6.07) is -2.08. The van der Waals surface area contributed by atoms with Crippen molar-refractivity contribution in [2.45, 2.75) is 85.1 Å². The average Bonchev–Trinajstić information content (AvgIpc) is 2.47. The van der Waals surface area contributed by atoms with Gasteiger partial charge in [0.1, 0.15) is 22.2 Å². The first-order valence-electron chi connectivity index (χ1n) is 9.16. The van der Waals surface area contributed by atoms with E-state index in [9.17, 15) is 14.4 Å². The number of hydrogen-bond donors (Lipinski definition) is 2. The van der Waals surface area contributed by atoms with Crippen LogP contribution in [0.3, 0.4) is 0 Å². The van der Waals surface area contributed by atoms with Gasteiger partial charge in [-0.15, -0.1) is 0 Å². The molecule has 0 bridgehead atoms. The van der Waals surface area contributed by atoms with Crippen LogP contribution >= 0.6 is 12.2 Å². The van der Waals surface area contributed by atoms with Crippen molar-refractivity contribution in [2.24, 2.45) is 5.92 Å². The molecule has 0 aromatic carbocycles. The van der Waals surface area contributed by atoms with Gasteiger partial charge < -0.3 is 24.8 Å². The second-order valence-electron chi connectivity index (χ2n) is 8.83. The smallest absolute Gasteiger partial charge is 0.408 e. The summed E-state index contributed by atoms with van der Waals surface area (Å²) in [4.78, 5) is 36.6. The lowest BCUT2D eigenvalue weighted by Crippen LogP contribution is -2.55. The molecular weight excluding hydrogens is 384 g/mol. The van der Waals surface area contributed by atoms with Gasteiger partial charge in [-0.3, -0.25) is 0 Å². The second-order valence-corrected chi connectivity index (χ2v) is 9.27. The van der Waals surface area contributed by atoms with E-state index in [-0.39, 0.29) is 10.9 Å². The fourth-order valence-electron chi connectivity index (χ4n) is 2.09. The summed E-state index contributed by atoms with van der Waals surface area (Å²) >= 11 is 5.28. The third-order valence-electron chi connectivity index (χ3n) is 3.08. The van der Waals surface area contributed by atoms with Gasteiger partial charge in [0, 0.05) is 0 Å². The zero-order chi connectivity index (χ0) is 22.3. The fraction of sp³-hybridized carbons (Fsp3) is 0.789. The van der Waals surface area contributed by atoms with Gasteiger partial charge in [-0.25, -0.2) is 14.4 Å². The Balaban J connectivity index is 5.38. The Morgan fingerprint density at radius 1 is 0.893 bits per heavy atom. The SMILES string of the molecule is COC(=O)[C@H](NC(=O)OC(C)(C)C)C(=S)N[C@@H](CC(C)C)C(=O)OC(C)(C)C. The number of esters is 2. The monoisotopic (exact) mass is 418 g/mol. The summed E-state index contributed by atoms with van der Waals surface area (Å²) in [7, 11) is 1.17. The highest BCUT2D eigenvalue weighted by molar-refractivity contribution is 7.80. The van der Waals surface area contributed by atoms with Crippen LogP contribution in [0.25, 0.3) is 0 Å². The molecule has 0 aliphatic rings. The van der Waals surface area contributed by atoms with Crippen LogP contribution in [0.5, 0.6) is 0 Å². The van der Waals surface area contributed by atoms with E-state index in [0.717, 1.165) is 0 Å². The van der Waals surface area contributed by atoms with Crippen LogP contribution in [0.15, 0.2) is 0 Å². The molecule has 0 aromatic heterocycles. The highest BCUT2D eigenvalue weighted by Crippen LogP contribution is 2.14. The van der Waals surface area contributed by atoms with Crippen LogP contribution in [0.1, 0.15) is 61.8 Å². The first kappa shape index (κ1) is 26.1. The predicted molar refractivity (Wildman–Crippen MR) is 110 cm³/mol. The Labute approximate surface area is 173 Å². The van der Waals surface area contributed by atoms with Crippen LogP contribution in [0, 0.1) is 5.92 Å². The lowest BCUT2D eigenvalue weighted by atomic mass is 10.0. The largest absolute Gasteiger partial charge is 0.467 e. The van der Waals surface area contributed by atoms with E-state index < -0.39 is 41.3 Å². The standard InChI is InChI=1S/C19H34N2O6S/c1-11(2)10-12(15(22)26-18(3,4)5)20-14(28)13(16(23)25-9)21-17(24)27-19(6,7)8/h11-13H,10H2,1-9H3,(H,20,28)(H,21,24)/t12-,13+/m0/s1. The zero-order valence-electron chi connectivity index (χ0n) is 18.3. The van der Waals surface area contributed by atoms with Crippen LogP contribution in [0.2, 0.25) is 0 Å². The number of nitrogens with one attached hydrogen (secondary N) is 2. The van der Waals surface area contributed by atoms with Crippen LogP contribution in [-0.4, -0.2) is 53.4 Å². The van der Waals surface area contributed by atoms with E-state index in [1.54, 1.807) is 41.5 Å². The molecular formula is C19H34N2O6S. The van der Waals surface area contributed by atoms with E-state index in [0.29, 0.717) is 6.42 Å². The number of ether oxygens (including phenoxy) is 3. The van der Waals surface area contributed by atoms with Gasteiger partial charge in [0.25, 0.3) is 0 Å². The third kappa shape index (κ3) is 11.1. The van der Waals surface area contributed by atoms with Crippen molar-refractivity contribution in [1.29, 1.82) is 0 Å². The number of methoxy groups -OCH3 is 1. The number of rotatable bonds is 7. The summed E-state index contributed by atoms with van der Waals surface area (Å²) in [5, 5.41) is 5.22. The predicted octanol–water partition coefficient (Wildman–Crippen LogP) is 2.73. The molecule has 0 radical (unpaired) electrons. The normalized spacial score (nSPS) is 13.9. The second kappa shape index (κ2) is 10.6. The number of carbonyl (C=O) groups excluding carboxylic acids is 3. The first-order chi connectivity index (χ1) is 12.6. The summed E-state index contributed by atoms with van der Waals surface area (Å²) in [5.74, 6) is -1.12. The lowest BCUT2D eigenvalue weighted by molar-refractivity contribution is -0.157. The zero-order valence-corrected chi connectivity index (χ0v) is 19.1. The first-order valence-corrected chi connectivity index (χ1v) is 9.57. The quantitative estimate of drug-likeness (QED) is 0.370. The molecule has 0 spiro atoms. The van der Waals surface area contributed by atoms with Crippen molar-refractivity contribution in [3.63, 3.8) is 0 Å². The van der Waals surface area contributed by atoms with Gasteiger partial charge >= 0.3 is 18.0 Å². The number of alkyl carbamates (subject to hydrolysis) is 1. The Morgan fingerprint density at radius 3 is 1.79 bits per heavy atom. The fourth-order valence-corrected chi connectivity index (χ4v) is 2.39. The van der Waals surface area contributed by atoms with Gasteiger partial charge in [-0.2, -0.15) is 0 Å². The molecule has 0 aliphatic carbocycles. The molecule has 1 amide bonds. The van der Waals surface area contributed by atoms with Crippen molar-refractivity contribution in [2.75, 3.05) is 7.11 Å². The van der Waals surface area contributed by atoms with E-state index in [1.165, 1.54) is 7.11 Å². The molecule has 0 saturated carbocycles. The minimum Gasteiger partial charge on any atom is -0.467 e. The van der Waals surface area contributed by atoms with Crippen molar-refractivity contribution in [3.05, 3.63) is 0 Å². The summed E-state index contributed by atoms with van der Waals surface area (Å²) in [6.07, 6.45) is -0.403. The van der Waals surface area contributed by atoms with Crippen molar-refractivity contribution in [1.82, 2.24) is 10.6 Å². The maximum atomic E-state index is 12.5. The molecule has 2 atom stereocenters. The maximum Gasteiger partial charge on any atom is 0.408 e. The molecule has 28 heavy (non-hydrogen) atoms. The topological polar surface area (TPSA) is 103 Å². The number of hydrogen-bond acceptors (Lipinski definition) is 7. The number of amides is 1. The highest BCUT2D eigenvalue weighted by Gasteiger charge is 2.33. The van der Waals surface area contributed by atoms with E-state index >= 15 is 0 Å². The Bertz CT molecular complexity index is 578. The number of carbonyl (C=O) groups is 3. The van der Waals surface area contributed by atoms with Gasteiger partial charge in [0.15, 0.2) is 6.04 Å². The van der Waals surface area contributed by atoms with E-state index in [2.05, 4.69) is 10.6 Å². The molecule has 0 aromatic rings.